The van der Waals surface area contributed by atoms with E-state index in [0.29, 0.717) is 6.04 Å². The van der Waals surface area contributed by atoms with Crippen LogP contribution in [-0.2, 0) is 0 Å². The highest BCUT2D eigenvalue weighted by Gasteiger charge is 2.37. The number of likely N-dealkylation sites (N-methyl/N-ethyl adjacent to an activating group) is 1. The summed E-state index contributed by atoms with van der Waals surface area (Å²) < 4.78 is 0. The fourth-order valence-electron chi connectivity index (χ4n) is 3.80. The van der Waals surface area contributed by atoms with Crippen molar-refractivity contribution in [2.24, 2.45) is 0 Å². The molecule has 0 amide bonds. The van der Waals surface area contributed by atoms with Crippen LogP contribution in [0.3, 0.4) is 0 Å². The van der Waals surface area contributed by atoms with Crippen LogP contribution in [0.25, 0.3) is 0 Å². The zero-order valence-corrected chi connectivity index (χ0v) is 13.1. The van der Waals surface area contributed by atoms with Gasteiger partial charge in [0.05, 0.1) is 6.61 Å². The topological polar surface area (TPSA) is 26.7 Å². The van der Waals surface area contributed by atoms with E-state index in [0.717, 1.165) is 19.1 Å². The summed E-state index contributed by atoms with van der Waals surface area (Å²) in [6.45, 7) is 7.21. The third-order valence-corrected chi connectivity index (χ3v) is 5.36. The van der Waals surface area contributed by atoms with Gasteiger partial charge in [-0.3, -0.25) is 9.80 Å². The molecule has 3 nitrogen and oxygen atoms in total. The van der Waals surface area contributed by atoms with Crippen LogP contribution in [0.2, 0.25) is 0 Å². The van der Waals surface area contributed by atoms with Gasteiger partial charge in [-0.05, 0) is 40.2 Å². The number of aliphatic hydroxyl groups excluding tert-OH is 1. The first-order chi connectivity index (χ1) is 9.04. The molecule has 1 saturated carbocycles. The van der Waals surface area contributed by atoms with Gasteiger partial charge in [-0.1, -0.05) is 25.7 Å². The summed E-state index contributed by atoms with van der Waals surface area (Å²) in [7, 11) is 2.16. The van der Waals surface area contributed by atoms with Gasteiger partial charge in [-0.15, -0.1) is 0 Å². The molecular formula is C16H32N2O. The number of hydrogen-bond donors (Lipinski definition) is 1. The average molecular weight is 268 g/mol. The van der Waals surface area contributed by atoms with Crippen molar-refractivity contribution in [2.75, 3.05) is 26.7 Å². The van der Waals surface area contributed by atoms with Crippen molar-refractivity contribution < 1.29 is 5.11 Å². The minimum atomic E-state index is 0.271. The molecule has 0 aromatic heterocycles. The Morgan fingerprint density at radius 1 is 1.11 bits per heavy atom. The van der Waals surface area contributed by atoms with E-state index in [4.69, 9.17) is 0 Å². The summed E-state index contributed by atoms with van der Waals surface area (Å²) in [5.41, 5.74) is 0.271. The Morgan fingerprint density at radius 2 is 1.74 bits per heavy atom. The maximum Gasteiger partial charge on any atom is 0.0599 e. The van der Waals surface area contributed by atoms with Crippen molar-refractivity contribution in [1.82, 2.24) is 9.80 Å². The highest BCUT2D eigenvalue weighted by Crippen LogP contribution is 2.32. The van der Waals surface area contributed by atoms with E-state index in [1.54, 1.807) is 0 Å². The molecule has 2 rings (SSSR count). The second-order valence-corrected chi connectivity index (χ2v) is 7.18. The van der Waals surface area contributed by atoms with E-state index < -0.39 is 0 Å². The quantitative estimate of drug-likeness (QED) is 0.780. The lowest BCUT2D eigenvalue weighted by Crippen LogP contribution is -2.52. The molecule has 0 aromatic carbocycles. The molecule has 1 N–H and O–H groups in total. The molecule has 0 aromatic rings. The molecule has 1 aliphatic heterocycles. The first-order valence-electron chi connectivity index (χ1n) is 8.12. The van der Waals surface area contributed by atoms with Crippen molar-refractivity contribution in [1.29, 1.82) is 0 Å². The van der Waals surface area contributed by atoms with E-state index in [2.05, 4.69) is 30.7 Å². The van der Waals surface area contributed by atoms with Crippen LogP contribution in [0.15, 0.2) is 0 Å². The highest BCUT2D eigenvalue weighted by molar-refractivity contribution is 4.93. The van der Waals surface area contributed by atoms with Gasteiger partial charge in [0.1, 0.15) is 0 Å². The van der Waals surface area contributed by atoms with Gasteiger partial charge < -0.3 is 5.11 Å². The molecule has 0 radical (unpaired) electrons. The van der Waals surface area contributed by atoms with Gasteiger partial charge in [0.2, 0.25) is 0 Å². The lowest BCUT2D eigenvalue weighted by molar-refractivity contribution is 0.0462. The van der Waals surface area contributed by atoms with Crippen molar-refractivity contribution in [3.05, 3.63) is 0 Å². The van der Waals surface area contributed by atoms with Gasteiger partial charge in [-0.2, -0.15) is 0 Å². The van der Waals surface area contributed by atoms with Gasteiger partial charge in [0.15, 0.2) is 0 Å². The fourth-order valence-corrected chi connectivity index (χ4v) is 3.80. The molecule has 3 heteroatoms. The van der Waals surface area contributed by atoms with Gasteiger partial charge >= 0.3 is 0 Å². The SMILES string of the molecule is CN1CCC(C)(C)N(C2CCCCCC2)CC1CO. The number of aliphatic hydroxyl groups is 1. The maximum atomic E-state index is 9.66. The van der Waals surface area contributed by atoms with Crippen LogP contribution in [-0.4, -0.2) is 59.3 Å². The van der Waals surface area contributed by atoms with Crippen LogP contribution in [0.5, 0.6) is 0 Å². The molecule has 2 fully saturated rings. The average Bonchev–Trinajstić information content (AvgIpc) is 2.70. The molecule has 1 atom stereocenters. The molecule has 19 heavy (non-hydrogen) atoms. The van der Waals surface area contributed by atoms with E-state index in [1.165, 1.54) is 44.9 Å². The second-order valence-electron chi connectivity index (χ2n) is 7.18. The van der Waals surface area contributed by atoms with E-state index in [-0.39, 0.29) is 12.1 Å². The monoisotopic (exact) mass is 268 g/mol. The predicted octanol–water partition coefficient (Wildman–Crippen LogP) is 2.49. The Balaban J connectivity index is 2.12. The second kappa shape index (κ2) is 6.55. The van der Waals surface area contributed by atoms with Crippen molar-refractivity contribution >= 4 is 0 Å². The molecular weight excluding hydrogens is 236 g/mol. The molecule has 1 unspecified atom stereocenters. The largest absolute Gasteiger partial charge is 0.395 e. The summed E-state index contributed by atoms with van der Waals surface area (Å²) in [6.07, 6.45) is 9.50. The number of hydrogen-bond acceptors (Lipinski definition) is 3. The molecule has 2 aliphatic rings. The van der Waals surface area contributed by atoms with Crippen LogP contribution >= 0.6 is 0 Å². The highest BCUT2D eigenvalue weighted by atomic mass is 16.3. The lowest BCUT2D eigenvalue weighted by Gasteiger charge is -2.43. The Bertz CT molecular complexity index is 272. The lowest BCUT2D eigenvalue weighted by atomic mass is 9.93. The summed E-state index contributed by atoms with van der Waals surface area (Å²) >= 11 is 0. The summed E-state index contributed by atoms with van der Waals surface area (Å²) in [4.78, 5) is 5.07. The maximum absolute atomic E-state index is 9.66. The number of rotatable bonds is 2. The molecule has 0 bridgehead atoms. The molecule has 1 heterocycles. The predicted molar refractivity (Wildman–Crippen MR) is 80.4 cm³/mol. The first-order valence-corrected chi connectivity index (χ1v) is 8.12. The first kappa shape index (κ1) is 15.3. The number of nitrogens with zero attached hydrogens (tertiary/aromatic N) is 2. The van der Waals surface area contributed by atoms with Gasteiger partial charge in [-0.25, -0.2) is 0 Å². The Hall–Kier alpha value is -0.120. The van der Waals surface area contributed by atoms with Crippen molar-refractivity contribution in [2.45, 2.75) is 76.4 Å². The van der Waals surface area contributed by atoms with E-state index in [9.17, 15) is 5.11 Å². The van der Waals surface area contributed by atoms with Crippen molar-refractivity contribution in [3.63, 3.8) is 0 Å². The van der Waals surface area contributed by atoms with Crippen LogP contribution in [0.1, 0.15) is 58.8 Å². The molecule has 0 spiro atoms. The minimum absolute atomic E-state index is 0.271. The Morgan fingerprint density at radius 3 is 2.32 bits per heavy atom. The summed E-state index contributed by atoms with van der Waals surface area (Å²) in [5, 5.41) is 9.66. The third kappa shape index (κ3) is 3.71. The third-order valence-electron chi connectivity index (χ3n) is 5.36. The molecule has 1 aliphatic carbocycles. The summed E-state index contributed by atoms with van der Waals surface area (Å²) in [6, 6.07) is 1.04. The van der Waals surface area contributed by atoms with Crippen LogP contribution in [0, 0.1) is 0 Å². The standard InChI is InChI=1S/C16H32N2O/c1-16(2)10-11-17(3)15(13-19)12-18(16)14-8-6-4-5-7-9-14/h14-15,19H,4-13H2,1-3H3. The Kier molecular flexibility index (Phi) is 5.27. The Labute approximate surface area is 119 Å². The summed E-state index contributed by atoms with van der Waals surface area (Å²) in [5.74, 6) is 0. The zero-order valence-electron chi connectivity index (χ0n) is 13.1. The van der Waals surface area contributed by atoms with Gasteiger partial charge in [0.25, 0.3) is 0 Å². The normalized spacial score (nSPS) is 31.9. The zero-order chi connectivity index (χ0) is 13.9. The fraction of sp³-hybridized carbons (Fsp3) is 1.00. The molecule has 112 valence electrons. The van der Waals surface area contributed by atoms with Crippen LogP contribution in [0.4, 0.5) is 0 Å². The minimum Gasteiger partial charge on any atom is -0.395 e. The van der Waals surface area contributed by atoms with Gasteiger partial charge in [0, 0.05) is 30.7 Å². The molecule has 1 saturated heterocycles. The smallest absolute Gasteiger partial charge is 0.0599 e. The van der Waals surface area contributed by atoms with E-state index >= 15 is 0 Å². The van der Waals surface area contributed by atoms with E-state index in [1.807, 2.05) is 0 Å². The van der Waals surface area contributed by atoms with Crippen molar-refractivity contribution in [3.8, 4) is 0 Å². The van der Waals surface area contributed by atoms with Crippen LogP contribution < -0.4 is 0 Å².